The van der Waals surface area contributed by atoms with Crippen LogP contribution in [0.2, 0.25) is 0 Å². The maximum atomic E-state index is 5.40. The molecular weight excluding hydrogens is 220 g/mol. The zero-order chi connectivity index (χ0) is 12.0. The third-order valence-electron chi connectivity index (χ3n) is 2.35. The van der Waals surface area contributed by atoms with Crippen molar-refractivity contribution in [2.45, 2.75) is 0 Å². The quantitative estimate of drug-likeness (QED) is 0.580. The Morgan fingerprint density at radius 1 is 1.06 bits per heavy atom. The second-order valence-electron chi connectivity index (χ2n) is 3.09. The van der Waals surface area contributed by atoms with E-state index in [0.717, 1.165) is 10.8 Å². The molecule has 0 fully saturated rings. The third-order valence-corrected chi connectivity index (χ3v) is 5.04. The second kappa shape index (κ2) is 5.79. The zero-order valence-corrected chi connectivity index (χ0v) is 10.8. The molecule has 0 bridgehead atoms. The molecule has 0 atom stereocenters. The molecule has 0 saturated heterocycles. The Labute approximate surface area is 97.3 Å². The van der Waals surface area contributed by atoms with Gasteiger partial charge in [-0.3, -0.25) is 0 Å². The van der Waals surface area contributed by atoms with E-state index < -0.39 is 8.80 Å². The highest BCUT2D eigenvalue weighted by molar-refractivity contribution is 6.81. The first-order chi connectivity index (χ1) is 7.74. The van der Waals surface area contributed by atoms with Crippen molar-refractivity contribution >= 4 is 14.0 Å². The Hall–Kier alpha value is -1.16. The van der Waals surface area contributed by atoms with Crippen molar-refractivity contribution in [2.24, 2.45) is 0 Å². The van der Waals surface area contributed by atoms with Crippen molar-refractivity contribution in [3.63, 3.8) is 0 Å². The number of hydrogen-bond donors (Lipinski definition) is 0. The molecular formula is C12H16O3Si. The van der Waals surface area contributed by atoms with Gasteiger partial charge in [-0.25, -0.2) is 0 Å². The monoisotopic (exact) mass is 236 g/mol. The van der Waals surface area contributed by atoms with Crippen LogP contribution in [0, 0.1) is 0 Å². The zero-order valence-electron chi connectivity index (χ0n) is 9.82. The average molecular weight is 236 g/mol. The predicted molar refractivity (Wildman–Crippen MR) is 65.8 cm³/mol. The van der Waals surface area contributed by atoms with Crippen LogP contribution in [0.15, 0.2) is 42.6 Å². The summed E-state index contributed by atoms with van der Waals surface area (Å²) in [5.74, 6) is 0. The number of rotatable bonds is 5. The second-order valence-corrected chi connectivity index (χ2v) is 5.92. The van der Waals surface area contributed by atoms with Crippen LogP contribution in [0.1, 0.15) is 5.56 Å². The molecule has 0 radical (unpaired) electrons. The van der Waals surface area contributed by atoms with Gasteiger partial charge in [-0.05, 0) is 5.56 Å². The molecule has 16 heavy (non-hydrogen) atoms. The van der Waals surface area contributed by atoms with Gasteiger partial charge in [0.25, 0.3) is 0 Å². The minimum absolute atomic E-state index is 0.751. The Morgan fingerprint density at radius 3 is 1.94 bits per heavy atom. The summed E-state index contributed by atoms with van der Waals surface area (Å²) in [6, 6.07) is 9.72. The molecule has 1 rings (SSSR count). The van der Waals surface area contributed by atoms with Crippen molar-refractivity contribution in [1.82, 2.24) is 0 Å². The highest BCUT2D eigenvalue weighted by Crippen LogP contribution is 2.26. The van der Waals surface area contributed by atoms with E-state index in [1.54, 1.807) is 21.3 Å². The van der Waals surface area contributed by atoms with E-state index in [9.17, 15) is 0 Å². The van der Waals surface area contributed by atoms with E-state index in [4.69, 9.17) is 13.3 Å². The minimum atomic E-state index is -2.84. The molecule has 86 valence electrons. The Kier molecular flexibility index (Phi) is 4.67. The summed E-state index contributed by atoms with van der Waals surface area (Å²) < 4.78 is 16.2. The van der Waals surface area contributed by atoms with Gasteiger partial charge in [-0.2, -0.15) is 0 Å². The number of benzene rings is 1. The summed E-state index contributed by atoms with van der Waals surface area (Å²) in [6.07, 6.45) is 0. The van der Waals surface area contributed by atoms with Crippen molar-refractivity contribution in [1.29, 1.82) is 0 Å². The first-order valence-corrected chi connectivity index (χ1v) is 6.58. The summed E-state index contributed by atoms with van der Waals surface area (Å²) in [5.41, 5.74) is 3.82. The lowest BCUT2D eigenvalue weighted by Crippen LogP contribution is -2.44. The molecule has 3 nitrogen and oxygen atoms in total. The van der Waals surface area contributed by atoms with Gasteiger partial charge < -0.3 is 13.3 Å². The third kappa shape index (κ3) is 2.32. The molecule has 0 aromatic heterocycles. The summed E-state index contributed by atoms with van der Waals surface area (Å²) in [5, 5.41) is 0.751. The fraction of sp³-hybridized carbons (Fsp3) is 0.250. The fourth-order valence-corrected chi connectivity index (χ4v) is 3.40. The van der Waals surface area contributed by atoms with Gasteiger partial charge in [0.2, 0.25) is 0 Å². The van der Waals surface area contributed by atoms with Crippen LogP contribution < -0.4 is 0 Å². The van der Waals surface area contributed by atoms with Gasteiger partial charge in [0, 0.05) is 21.3 Å². The standard InChI is InChI=1S/C12H16O3Si/c1-5-12(11-9-7-6-8-10-11)16(13-2,14-3)15-4/h6-10H,1H2,2-4H3. The van der Waals surface area contributed by atoms with Crippen molar-refractivity contribution in [3.05, 3.63) is 48.2 Å². The van der Waals surface area contributed by atoms with Crippen LogP contribution in [-0.2, 0) is 13.3 Å². The van der Waals surface area contributed by atoms with Gasteiger partial charge in [0.05, 0.1) is 5.20 Å². The summed E-state index contributed by atoms with van der Waals surface area (Å²) in [4.78, 5) is 0. The van der Waals surface area contributed by atoms with Crippen molar-refractivity contribution < 1.29 is 13.3 Å². The summed E-state index contributed by atoms with van der Waals surface area (Å²) in [7, 11) is 1.86. The van der Waals surface area contributed by atoms with E-state index in [-0.39, 0.29) is 0 Å². The lowest BCUT2D eigenvalue weighted by molar-refractivity contribution is 0.142. The molecule has 1 aromatic rings. The van der Waals surface area contributed by atoms with Gasteiger partial charge >= 0.3 is 8.80 Å². The average Bonchev–Trinajstić information content (AvgIpc) is 2.37. The van der Waals surface area contributed by atoms with Crippen molar-refractivity contribution in [3.8, 4) is 0 Å². The first kappa shape index (κ1) is 12.9. The predicted octanol–water partition coefficient (Wildman–Crippen LogP) is 2.27. The molecule has 4 heteroatoms. The van der Waals surface area contributed by atoms with E-state index in [1.807, 2.05) is 30.3 Å². The fourth-order valence-electron chi connectivity index (χ4n) is 1.55. The molecule has 0 aliphatic heterocycles. The summed E-state index contributed by atoms with van der Waals surface area (Å²) in [6.45, 7) is 3.68. The van der Waals surface area contributed by atoms with Gasteiger partial charge in [-0.1, -0.05) is 36.9 Å². The van der Waals surface area contributed by atoms with Crippen LogP contribution >= 0.6 is 0 Å². The Morgan fingerprint density at radius 2 is 1.56 bits per heavy atom. The normalized spacial score (nSPS) is 10.9. The molecule has 0 aliphatic carbocycles. The van der Waals surface area contributed by atoms with Gasteiger partial charge in [0.15, 0.2) is 0 Å². The molecule has 0 unspecified atom stereocenters. The number of hydrogen-bond acceptors (Lipinski definition) is 3. The molecule has 0 heterocycles. The van der Waals surface area contributed by atoms with Crippen LogP contribution in [-0.4, -0.2) is 30.1 Å². The topological polar surface area (TPSA) is 27.7 Å². The van der Waals surface area contributed by atoms with Crippen LogP contribution in [0.4, 0.5) is 0 Å². The lowest BCUT2D eigenvalue weighted by Gasteiger charge is -2.25. The molecule has 0 aliphatic rings. The van der Waals surface area contributed by atoms with E-state index in [0.29, 0.717) is 0 Å². The highest BCUT2D eigenvalue weighted by Gasteiger charge is 2.43. The van der Waals surface area contributed by atoms with Gasteiger partial charge in [-0.15, -0.1) is 5.73 Å². The van der Waals surface area contributed by atoms with Crippen LogP contribution in [0.25, 0.3) is 5.20 Å². The van der Waals surface area contributed by atoms with E-state index >= 15 is 0 Å². The van der Waals surface area contributed by atoms with Gasteiger partial charge in [0.1, 0.15) is 0 Å². The minimum Gasteiger partial charge on any atom is -0.373 e. The maximum Gasteiger partial charge on any atom is 0.545 e. The summed E-state index contributed by atoms with van der Waals surface area (Å²) >= 11 is 0. The van der Waals surface area contributed by atoms with Crippen LogP contribution in [0.5, 0.6) is 0 Å². The van der Waals surface area contributed by atoms with E-state index in [1.165, 1.54) is 0 Å². The molecule has 1 aromatic carbocycles. The maximum absolute atomic E-state index is 5.40. The largest absolute Gasteiger partial charge is 0.545 e. The lowest BCUT2D eigenvalue weighted by atomic mass is 10.2. The smallest absolute Gasteiger partial charge is 0.373 e. The van der Waals surface area contributed by atoms with Crippen LogP contribution in [0.3, 0.4) is 0 Å². The Bertz CT molecular complexity index is 370. The molecule has 0 N–H and O–H groups in total. The van der Waals surface area contributed by atoms with E-state index in [2.05, 4.69) is 12.3 Å². The highest BCUT2D eigenvalue weighted by atomic mass is 28.4. The molecule has 0 amide bonds. The Balaban J connectivity index is 3.22. The molecule has 0 saturated carbocycles. The molecule has 0 spiro atoms. The SMILES string of the molecule is C=C=C(c1ccccc1)[Si](OC)(OC)OC. The first-order valence-electron chi connectivity index (χ1n) is 4.85. The van der Waals surface area contributed by atoms with Crippen molar-refractivity contribution in [2.75, 3.05) is 21.3 Å².